The lowest BCUT2D eigenvalue weighted by Gasteiger charge is -2.35. The second-order valence-electron chi connectivity index (χ2n) is 5.23. The second kappa shape index (κ2) is 7.56. The minimum atomic E-state index is 0.923. The van der Waals surface area contributed by atoms with Gasteiger partial charge in [0.25, 0.3) is 0 Å². The normalized spacial score (nSPS) is 16.0. The maximum absolute atomic E-state index is 4.69. The van der Waals surface area contributed by atoms with Gasteiger partial charge in [0.2, 0.25) is 0 Å². The van der Waals surface area contributed by atoms with Gasteiger partial charge in [-0.05, 0) is 17.9 Å². The number of nitrogens with zero attached hydrogens (tertiary/aromatic N) is 5. The van der Waals surface area contributed by atoms with Gasteiger partial charge >= 0.3 is 0 Å². The lowest BCUT2D eigenvalue weighted by molar-refractivity contribution is 0.246. The van der Waals surface area contributed by atoms with E-state index in [1.165, 1.54) is 0 Å². The molecule has 0 spiro atoms. The molecule has 0 atom stereocenters. The van der Waals surface area contributed by atoms with Crippen molar-refractivity contribution < 1.29 is 0 Å². The first-order valence-corrected chi connectivity index (χ1v) is 8.66. The van der Waals surface area contributed by atoms with E-state index >= 15 is 0 Å². The monoisotopic (exact) mass is 315 g/mol. The molecule has 0 aliphatic carbocycles. The number of aromatic nitrogens is 3. The van der Waals surface area contributed by atoms with Gasteiger partial charge in [-0.15, -0.1) is 11.8 Å². The number of hydrogen-bond donors (Lipinski definition) is 0. The third kappa shape index (κ3) is 3.96. The van der Waals surface area contributed by atoms with Crippen molar-refractivity contribution in [3.05, 3.63) is 42.5 Å². The summed E-state index contributed by atoms with van der Waals surface area (Å²) < 4.78 is 0. The lowest BCUT2D eigenvalue weighted by Crippen LogP contribution is -2.46. The van der Waals surface area contributed by atoms with Gasteiger partial charge in [0.05, 0.1) is 18.1 Å². The SMILES string of the molecule is CCSc1cncc(N2CCN(Cc3ccccn3)CC2)n1. The quantitative estimate of drug-likeness (QED) is 0.789. The largest absolute Gasteiger partial charge is 0.353 e. The van der Waals surface area contributed by atoms with Crippen LogP contribution in [0.5, 0.6) is 0 Å². The van der Waals surface area contributed by atoms with Gasteiger partial charge in [-0.2, -0.15) is 0 Å². The average Bonchev–Trinajstić information content (AvgIpc) is 2.57. The van der Waals surface area contributed by atoms with Gasteiger partial charge in [0, 0.05) is 38.9 Å². The molecule has 0 saturated carbocycles. The molecule has 0 amide bonds. The molecule has 1 saturated heterocycles. The minimum absolute atomic E-state index is 0.923. The highest BCUT2D eigenvalue weighted by molar-refractivity contribution is 7.99. The first-order chi connectivity index (χ1) is 10.8. The van der Waals surface area contributed by atoms with Crippen LogP contribution in [0.3, 0.4) is 0 Å². The van der Waals surface area contributed by atoms with Gasteiger partial charge < -0.3 is 4.90 Å². The summed E-state index contributed by atoms with van der Waals surface area (Å²) in [6.45, 7) is 7.10. The predicted molar refractivity (Wildman–Crippen MR) is 90.2 cm³/mol. The molecule has 5 nitrogen and oxygen atoms in total. The third-order valence-electron chi connectivity index (χ3n) is 3.70. The number of rotatable bonds is 5. The van der Waals surface area contributed by atoms with Crippen LogP contribution in [0.1, 0.15) is 12.6 Å². The van der Waals surface area contributed by atoms with E-state index in [2.05, 4.69) is 32.8 Å². The summed E-state index contributed by atoms with van der Waals surface area (Å²) in [5.41, 5.74) is 1.14. The Morgan fingerprint density at radius 1 is 1.14 bits per heavy atom. The minimum Gasteiger partial charge on any atom is -0.353 e. The average molecular weight is 315 g/mol. The van der Waals surface area contributed by atoms with Crippen molar-refractivity contribution in [1.82, 2.24) is 19.9 Å². The van der Waals surface area contributed by atoms with Gasteiger partial charge in [0.1, 0.15) is 10.8 Å². The van der Waals surface area contributed by atoms with Gasteiger partial charge in [-0.1, -0.05) is 13.0 Å². The molecule has 1 aliphatic rings. The maximum Gasteiger partial charge on any atom is 0.148 e. The highest BCUT2D eigenvalue weighted by Gasteiger charge is 2.18. The Balaban J connectivity index is 1.56. The summed E-state index contributed by atoms with van der Waals surface area (Å²) in [5, 5.41) is 1.01. The number of thioether (sulfide) groups is 1. The standard InChI is InChI=1S/C16H21N5S/c1-2-22-16-12-17-11-15(19-16)21-9-7-20(8-10-21)13-14-5-3-4-6-18-14/h3-6,11-12H,2,7-10,13H2,1H3. The molecular formula is C16H21N5S. The predicted octanol–water partition coefficient (Wildman–Crippen LogP) is 2.31. The Morgan fingerprint density at radius 3 is 2.73 bits per heavy atom. The number of piperazine rings is 1. The van der Waals surface area contributed by atoms with Crippen molar-refractivity contribution in [2.75, 3.05) is 36.8 Å². The van der Waals surface area contributed by atoms with Crippen LogP contribution in [0.2, 0.25) is 0 Å². The van der Waals surface area contributed by atoms with Crippen LogP contribution in [0.15, 0.2) is 41.8 Å². The lowest BCUT2D eigenvalue weighted by atomic mass is 10.2. The molecule has 3 rings (SSSR count). The van der Waals surface area contributed by atoms with Crippen molar-refractivity contribution in [1.29, 1.82) is 0 Å². The zero-order valence-electron chi connectivity index (χ0n) is 12.9. The van der Waals surface area contributed by atoms with Crippen molar-refractivity contribution in [3.8, 4) is 0 Å². The number of pyridine rings is 1. The Morgan fingerprint density at radius 2 is 2.00 bits per heavy atom. The van der Waals surface area contributed by atoms with Gasteiger partial charge in [-0.25, -0.2) is 4.98 Å². The van der Waals surface area contributed by atoms with Crippen LogP contribution in [-0.2, 0) is 6.54 Å². The molecule has 2 aromatic rings. The molecule has 0 radical (unpaired) electrons. The van der Waals surface area contributed by atoms with Crippen molar-refractivity contribution >= 4 is 17.6 Å². The Hall–Kier alpha value is -1.66. The zero-order chi connectivity index (χ0) is 15.2. The summed E-state index contributed by atoms with van der Waals surface area (Å²) in [6.07, 6.45) is 5.57. The van der Waals surface area contributed by atoms with E-state index < -0.39 is 0 Å². The molecule has 22 heavy (non-hydrogen) atoms. The number of hydrogen-bond acceptors (Lipinski definition) is 6. The first-order valence-electron chi connectivity index (χ1n) is 7.67. The smallest absolute Gasteiger partial charge is 0.148 e. The summed E-state index contributed by atoms with van der Waals surface area (Å²) in [7, 11) is 0. The molecule has 3 heterocycles. The summed E-state index contributed by atoms with van der Waals surface area (Å²) in [4.78, 5) is 18.2. The Labute approximate surface area is 135 Å². The van der Waals surface area contributed by atoms with Crippen molar-refractivity contribution in [3.63, 3.8) is 0 Å². The van der Waals surface area contributed by atoms with E-state index in [1.54, 1.807) is 11.8 Å². The van der Waals surface area contributed by atoms with E-state index in [1.807, 2.05) is 30.7 Å². The Kier molecular flexibility index (Phi) is 5.24. The summed E-state index contributed by atoms with van der Waals surface area (Å²) >= 11 is 1.74. The second-order valence-corrected chi connectivity index (χ2v) is 6.52. The van der Waals surface area contributed by atoms with Crippen LogP contribution >= 0.6 is 11.8 Å². The first kappa shape index (κ1) is 15.2. The fraction of sp³-hybridized carbons (Fsp3) is 0.438. The van der Waals surface area contributed by atoms with E-state index in [-0.39, 0.29) is 0 Å². The highest BCUT2D eigenvalue weighted by atomic mass is 32.2. The molecule has 0 aromatic carbocycles. The van der Waals surface area contributed by atoms with E-state index in [0.717, 1.165) is 55.0 Å². The third-order valence-corrected chi connectivity index (χ3v) is 4.48. The molecule has 1 fully saturated rings. The van der Waals surface area contributed by atoms with Crippen LogP contribution < -0.4 is 4.90 Å². The van der Waals surface area contributed by atoms with Gasteiger partial charge in [-0.3, -0.25) is 14.9 Å². The fourth-order valence-corrected chi connectivity index (χ4v) is 3.15. The molecule has 6 heteroatoms. The van der Waals surface area contributed by atoms with E-state index in [4.69, 9.17) is 4.98 Å². The van der Waals surface area contributed by atoms with Crippen LogP contribution in [-0.4, -0.2) is 51.8 Å². The maximum atomic E-state index is 4.69. The summed E-state index contributed by atoms with van der Waals surface area (Å²) in [6, 6.07) is 6.09. The molecule has 116 valence electrons. The molecule has 2 aromatic heterocycles. The molecule has 0 N–H and O–H groups in total. The molecule has 0 bridgehead atoms. The molecule has 0 unspecified atom stereocenters. The molecular weight excluding hydrogens is 294 g/mol. The van der Waals surface area contributed by atoms with Crippen LogP contribution in [0.4, 0.5) is 5.82 Å². The van der Waals surface area contributed by atoms with E-state index in [9.17, 15) is 0 Å². The van der Waals surface area contributed by atoms with Gasteiger partial charge in [0.15, 0.2) is 0 Å². The number of anilines is 1. The summed E-state index contributed by atoms with van der Waals surface area (Å²) in [5.74, 6) is 2.02. The molecule has 1 aliphatic heterocycles. The Bertz CT molecular complexity index is 584. The van der Waals surface area contributed by atoms with Crippen molar-refractivity contribution in [2.45, 2.75) is 18.5 Å². The van der Waals surface area contributed by atoms with Crippen molar-refractivity contribution in [2.24, 2.45) is 0 Å². The van der Waals surface area contributed by atoms with Crippen LogP contribution in [0, 0.1) is 0 Å². The topological polar surface area (TPSA) is 45.2 Å². The highest BCUT2D eigenvalue weighted by Crippen LogP contribution is 2.19. The van der Waals surface area contributed by atoms with Crippen LogP contribution in [0.25, 0.3) is 0 Å². The van der Waals surface area contributed by atoms with E-state index in [0.29, 0.717) is 0 Å². The fourth-order valence-electron chi connectivity index (χ4n) is 2.56. The zero-order valence-corrected chi connectivity index (χ0v) is 13.7.